The van der Waals surface area contributed by atoms with Crippen LogP contribution in [0.5, 0.6) is 0 Å². The maximum atomic E-state index is 13.0. The Bertz CT molecular complexity index is 1250. The number of aromatic nitrogens is 2. The topological polar surface area (TPSA) is 103 Å². The summed E-state index contributed by atoms with van der Waals surface area (Å²) >= 11 is 1.35. The van der Waals surface area contributed by atoms with Gasteiger partial charge < -0.3 is 15.2 Å². The van der Waals surface area contributed by atoms with Crippen LogP contribution in [0.3, 0.4) is 0 Å². The molecule has 1 aliphatic heterocycles. The molecule has 9 heteroatoms. The maximum Gasteiger partial charge on any atom is 0.263 e. The van der Waals surface area contributed by atoms with Gasteiger partial charge in [0.15, 0.2) is 0 Å². The van der Waals surface area contributed by atoms with Gasteiger partial charge in [-0.15, -0.1) is 11.3 Å². The van der Waals surface area contributed by atoms with Gasteiger partial charge in [0.2, 0.25) is 5.91 Å². The highest BCUT2D eigenvalue weighted by atomic mass is 32.1. The number of thiazole rings is 1. The van der Waals surface area contributed by atoms with E-state index in [1.165, 1.54) is 11.3 Å². The van der Waals surface area contributed by atoms with Crippen molar-refractivity contribution in [1.29, 1.82) is 5.26 Å². The fourth-order valence-electron chi connectivity index (χ4n) is 4.47. The van der Waals surface area contributed by atoms with E-state index in [0.29, 0.717) is 35.9 Å². The summed E-state index contributed by atoms with van der Waals surface area (Å²) in [5.74, 6) is 0.338. The van der Waals surface area contributed by atoms with E-state index in [9.17, 15) is 14.9 Å². The molecular formula is C26H30N6O2S. The first kappa shape index (κ1) is 24.6. The lowest BCUT2D eigenvalue weighted by atomic mass is 10.0. The minimum absolute atomic E-state index is 0.0739. The Morgan fingerprint density at radius 1 is 1.17 bits per heavy atom. The van der Waals surface area contributed by atoms with E-state index >= 15 is 0 Å². The molecule has 8 nitrogen and oxygen atoms in total. The summed E-state index contributed by atoms with van der Waals surface area (Å²) in [6, 6.07) is 12.3. The van der Waals surface area contributed by atoms with Gasteiger partial charge >= 0.3 is 0 Å². The Morgan fingerprint density at radius 2 is 1.89 bits per heavy atom. The number of nitrogens with zero attached hydrogens (tertiary/aromatic N) is 4. The summed E-state index contributed by atoms with van der Waals surface area (Å²) in [5, 5.41) is 15.9. The second-order valence-electron chi connectivity index (χ2n) is 8.96. The molecule has 0 spiro atoms. The molecule has 182 valence electrons. The van der Waals surface area contributed by atoms with Crippen LogP contribution in [0, 0.1) is 32.1 Å². The van der Waals surface area contributed by atoms with E-state index in [0.717, 1.165) is 35.4 Å². The van der Waals surface area contributed by atoms with Crippen LogP contribution in [0.2, 0.25) is 0 Å². The number of benzene rings is 1. The molecule has 35 heavy (non-hydrogen) atoms. The maximum absolute atomic E-state index is 13.0. The smallest absolute Gasteiger partial charge is 0.263 e. The average molecular weight is 491 g/mol. The van der Waals surface area contributed by atoms with Gasteiger partial charge in [-0.05, 0) is 44.7 Å². The van der Waals surface area contributed by atoms with Gasteiger partial charge in [0, 0.05) is 31.4 Å². The quantitative estimate of drug-likeness (QED) is 0.527. The van der Waals surface area contributed by atoms with Crippen LogP contribution in [0.1, 0.15) is 50.6 Å². The number of carbonyl (C=O) groups is 2. The van der Waals surface area contributed by atoms with Gasteiger partial charge in [0.1, 0.15) is 16.8 Å². The average Bonchev–Trinajstić information content (AvgIpc) is 3.37. The van der Waals surface area contributed by atoms with Crippen molar-refractivity contribution in [3.8, 4) is 6.07 Å². The van der Waals surface area contributed by atoms with Crippen LogP contribution in [0.15, 0.2) is 35.8 Å². The van der Waals surface area contributed by atoms with Crippen molar-refractivity contribution in [2.24, 2.45) is 0 Å². The fraction of sp³-hybridized carbons (Fsp3) is 0.385. The summed E-state index contributed by atoms with van der Waals surface area (Å²) in [4.78, 5) is 32.3. The Hall–Kier alpha value is -3.48. The highest BCUT2D eigenvalue weighted by Crippen LogP contribution is 2.27. The lowest BCUT2D eigenvalue weighted by Crippen LogP contribution is -2.46. The number of rotatable bonds is 7. The minimum Gasteiger partial charge on any atom is -0.348 e. The van der Waals surface area contributed by atoms with Crippen molar-refractivity contribution in [1.82, 2.24) is 19.8 Å². The zero-order chi connectivity index (χ0) is 24.9. The molecule has 0 bridgehead atoms. The number of hydrogen-bond donors (Lipinski definition) is 2. The van der Waals surface area contributed by atoms with E-state index in [2.05, 4.69) is 26.6 Å². The van der Waals surface area contributed by atoms with Gasteiger partial charge in [-0.1, -0.05) is 30.3 Å². The number of aryl methyl sites for hydroxylation is 1. The van der Waals surface area contributed by atoms with E-state index < -0.39 is 0 Å². The molecule has 0 unspecified atom stereocenters. The molecule has 4 rings (SSSR count). The van der Waals surface area contributed by atoms with Crippen molar-refractivity contribution in [3.63, 3.8) is 0 Å². The van der Waals surface area contributed by atoms with Crippen molar-refractivity contribution in [2.45, 2.75) is 46.2 Å². The molecule has 0 aliphatic carbocycles. The number of likely N-dealkylation sites (tertiary alicyclic amines) is 1. The number of anilines is 1. The summed E-state index contributed by atoms with van der Waals surface area (Å²) in [5.41, 5.74) is 5.89. The standard InChI is InChI=1S/C26H30N6O2S/c1-17-19(3)32(14-20-7-5-4-6-8-20)25(22(17)13-27)30-23(33)15-31-11-9-21(10-12-31)29-26(34)24-18(2)28-16-35-24/h4-8,16,21H,9-12,14-15H2,1-3H3,(H,29,34)(H,30,33). The second kappa shape index (κ2) is 10.8. The molecule has 0 atom stereocenters. The molecular weight excluding hydrogens is 460 g/mol. The van der Waals surface area contributed by atoms with Gasteiger partial charge in [-0.3, -0.25) is 14.5 Å². The Labute approximate surface area is 209 Å². The summed E-state index contributed by atoms with van der Waals surface area (Å²) in [6.07, 6.45) is 1.56. The third-order valence-electron chi connectivity index (χ3n) is 6.62. The number of hydrogen-bond acceptors (Lipinski definition) is 6. The van der Waals surface area contributed by atoms with E-state index in [-0.39, 0.29) is 24.4 Å². The predicted octanol–water partition coefficient (Wildman–Crippen LogP) is 3.62. The highest BCUT2D eigenvalue weighted by molar-refractivity contribution is 7.11. The third-order valence-corrected chi connectivity index (χ3v) is 7.55. The van der Waals surface area contributed by atoms with Gasteiger partial charge in [0.05, 0.1) is 23.3 Å². The molecule has 1 fully saturated rings. The zero-order valence-corrected chi connectivity index (χ0v) is 21.1. The van der Waals surface area contributed by atoms with E-state index in [1.807, 2.05) is 55.7 Å². The normalized spacial score (nSPS) is 14.5. The molecule has 2 N–H and O–H groups in total. The lowest BCUT2D eigenvalue weighted by molar-refractivity contribution is -0.117. The Balaban J connectivity index is 1.36. The Kier molecular flexibility index (Phi) is 7.63. The molecule has 2 amide bonds. The number of piperidine rings is 1. The monoisotopic (exact) mass is 490 g/mol. The predicted molar refractivity (Wildman–Crippen MR) is 137 cm³/mol. The van der Waals surface area contributed by atoms with Crippen LogP contribution in [0.4, 0.5) is 5.82 Å². The first-order chi connectivity index (χ1) is 16.9. The molecule has 0 radical (unpaired) electrons. The molecule has 3 heterocycles. The Morgan fingerprint density at radius 3 is 2.51 bits per heavy atom. The van der Waals surface area contributed by atoms with Crippen LogP contribution in [-0.2, 0) is 11.3 Å². The van der Waals surface area contributed by atoms with E-state index in [1.54, 1.807) is 5.51 Å². The molecule has 3 aromatic rings. The summed E-state index contributed by atoms with van der Waals surface area (Å²) in [7, 11) is 0. The largest absolute Gasteiger partial charge is 0.348 e. The van der Waals surface area contributed by atoms with Crippen molar-refractivity contribution < 1.29 is 9.59 Å². The molecule has 1 aromatic carbocycles. The van der Waals surface area contributed by atoms with Crippen molar-refractivity contribution in [3.05, 3.63) is 68.8 Å². The summed E-state index contributed by atoms with van der Waals surface area (Å²) < 4.78 is 2.00. The number of nitriles is 1. The first-order valence-electron chi connectivity index (χ1n) is 11.7. The van der Waals surface area contributed by atoms with E-state index in [4.69, 9.17) is 0 Å². The molecule has 2 aromatic heterocycles. The second-order valence-corrected chi connectivity index (χ2v) is 9.81. The molecule has 0 saturated carbocycles. The van der Waals surface area contributed by atoms with Crippen LogP contribution in [-0.4, -0.2) is 51.9 Å². The van der Waals surface area contributed by atoms with Gasteiger partial charge in [-0.25, -0.2) is 4.98 Å². The fourth-order valence-corrected chi connectivity index (χ4v) is 5.18. The van der Waals surface area contributed by atoms with Crippen LogP contribution >= 0.6 is 11.3 Å². The van der Waals surface area contributed by atoms with Gasteiger partial charge in [0.25, 0.3) is 5.91 Å². The number of nitrogens with one attached hydrogen (secondary N) is 2. The first-order valence-corrected chi connectivity index (χ1v) is 12.6. The molecule has 1 saturated heterocycles. The van der Waals surface area contributed by atoms with Gasteiger partial charge in [-0.2, -0.15) is 5.26 Å². The summed E-state index contributed by atoms with van der Waals surface area (Å²) in [6.45, 7) is 7.98. The number of amides is 2. The zero-order valence-electron chi connectivity index (χ0n) is 20.3. The molecule has 1 aliphatic rings. The third kappa shape index (κ3) is 5.61. The van der Waals surface area contributed by atoms with Crippen LogP contribution in [0.25, 0.3) is 0 Å². The van der Waals surface area contributed by atoms with Crippen LogP contribution < -0.4 is 10.6 Å². The SMILES string of the molecule is Cc1ncsc1C(=O)NC1CCN(CC(=O)Nc2c(C#N)c(C)c(C)n2Cc2ccccc2)CC1. The lowest BCUT2D eigenvalue weighted by Gasteiger charge is -2.31. The highest BCUT2D eigenvalue weighted by Gasteiger charge is 2.25. The van der Waals surface area contributed by atoms with Crippen molar-refractivity contribution >= 4 is 29.0 Å². The number of carbonyl (C=O) groups excluding carboxylic acids is 2. The van der Waals surface area contributed by atoms with Crippen molar-refractivity contribution in [2.75, 3.05) is 25.0 Å². The minimum atomic E-state index is -0.143.